The Labute approximate surface area is 198 Å². The van der Waals surface area contributed by atoms with Gasteiger partial charge in [0.25, 0.3) is 11.5 Å². The first-order chi connectivity index (χ1) is 16.3. The molecule has 0 aliphatic rings. The Morgan fingerprint density at radius 2 is 2.06 bits per heavy atom. The van der Waals surface area contributed by atoms with Crippen LogP contribution in [0, 0.1) is 25.2 Å². The summed E-state index contributed by atoms with van der Waals surface area (Å²) >= 11 is 0. The molecule has 0 radical (unpaired) electrons. The van der Waals surface area contributed by atoms with Gasteiger partial charge in [-0.25, -0.2) is 0 Å². The summed E-state index contributed by atoms with van der Waals surface area (Å²) in [4.78, 5) is 30.5. The Morgan fingerprint density at radius 1 is 1.26 bits per heavy atom. The average Bonchev–Trinajstić information content (AvgIpc) is 2.79. The highest BCUT2D eigenvalue weighted by Gasteiger charge is 2.18. The molecular weight excluding hydrogens is 432 g/mol. The number of benzene rings is 1. The molecule has 34 heavy (non-hydrogen) atoms. The maximum Gasteiger partial charge on any atom is 0.269 e. The Bertz CT molecular complexity index is 1320. The van der Waals surface area contributed by atoms with Crippen molar-refractivity contribution < 1.29 is 14.3 Å². The fourth-order valence-electron chi connectivity index (χ4n) is 3.27. The molecule has 1 amide bonds. The fraction of sp³-hybridized carbons (Fsp3) is 0.308. The normalized spacial score (nSPS) is 11.5. The van der Waals surface area contributed by atoms with Crippen molar-refractivity contribution in [2.45, 2.75) is 40.2 Å². The molecule has 0 saturated heterocycles. The molecule has 0 spiro atoms. The van der Waals surface area contributed by atoms with Gasteiger partial charge in [0.05, 0.1) is 6.10 Å². The number of ether oxygens (including phenoxy) is 2. The number of rotatable bonds is 9. The molecule has 176 valence electrons. The van der Waals surface area contributed by atoms with E-state index >= 15 is 0 Å². The van der Waals surface area contributed by atoms with E-state index in [0.29, 0.717) is 31.0 Å². The van der Waals surface area contributed by atoms with E-state index in [9.17, 15) is 14.9 Å². The highest BCUT2D eigenvalue weighted by atomic mass is 16.5. The van der Waals surface area contributed by atoms with E-state index in [0.717, 1.165) is 11.1 Å². The number of hydrogen-bond acceptors (Lipinski definition) is 6. The van der Waals surface area contributed by atoms with Crippen molar-refractivity contribution in [3.8, 4) is 17.7 Å². The van der Waals surface area contributed by atoms with Gasteiger partial charge in [0.1, 0.15) is 28.6 Å². The molecule has 0 atom stereocenters. The van der Waals surface area contributed by atoms with Crippen LogP contribution in [-0.4, -0.2) is 34.5 Å². The van der Waals surface area contributed by atoms with E-state index in [1.165, 1.54) is 10.5 Å². The number of carbonyl (C=O) groups is 1. The van der Waals surface area contributed by atoms with Crippen molar-refractivity contribution in [2.75, 3.05) is 13.2 Å². The van der Waals surface area contributed by atoms with Crippen LogP contribution in [-0.2, 0) is 9.53 Å². The maximum absolute atomic E-state index is 13.3. The number of nitrogens with zero attached hydrogens (tertiary/aromatic N) is 3. The van der Waals surface area contributed by atoms with Crippen LogP contribution >= 0.6 is 0 Å². The number of aryl methyl sites for hydroxylation is 2. The second-order valence-corrected chi connectivity index (χ2v) is 8.14. The number of pyridine rings is 1. The van der Waals surface area contributed by atoms with Crippen LogP contribution in [0.4, 0.5) is 0 Å². The molecule has 2 aromatic heterocycles. The van der Waals surface area contributed by atoms with Crippen LogP contribution in [0.25, 0.3) is 11.7 Å². The summed E-state index contributed by atoms with van der Waals surface area (Å²) in [5, 5.41) is 12.3. The van der Waals surface area contributed by atoms with Gasteiger partial charge in [-0.1, -0.05) is 18.2 Å². The van der Waals surface area contributed by atoms with E-state index in [4.69, 9.17) is 9.47 Å². The van der Waals surface area contributed by atoms with E-state index in [1.54, 1.807) is 18.3 Å². The zero-order valence-corrected chi connectivity index (χ0v) is 19.8. The van der Waals surface area contributed by atoms with E-state index in [2.05, 4.69) is 10.3 Å². The van der Waals surface area contributed by atoms with Gasteiger partial charge < -0.3 is 14.8 Å². The standard InChI is InChI=1S/C26H28N4O4/c1-17(2)33-13-7-11-28-24(31)20(16-27)15-22-25(34-21-10-5-8-18(3)14-21)29-23-19(4)9-6-12-30(23)26(22)32/h5-6,8-10,12,14-15,17H,7,11,13H2,1-4H3,(H,28,31)/b20-15+. The number of hydrogen-bond donors (Lipinski definition) is 1. The second-order valence-electron chi connectivity index (χ2n) is 8.14. The zero-order chi connectivity index (χ0) is 24.7. The van der Waals surface area contributed by atoms with Gasteiger partial charge in [-0.15, -0.1) is 0 Å². The molecule has 8 nitrogen and oxygen atoms in total. The molecule has 0 unspecified atom stereocenters. The summed E-state index contributed by atoms with van der Waals surface area (Å²) < 4.78 is 12.8. The SMILES string of the molecule is Cc1cccc(Oc2nc3c(C)cccn3c(=O)c2/C=C(\C#N)C(=O)NCCCOC(C)C)c1. The topological polar surface area (TPSA) is 106 Å². The van der Waals surface area contributed by atoms with Crippen molar-refractivity contribution in [1.82, 2.24) is 14.7 Å². The monoisotopic (exact) mass is 460 g/mol. The van der Waals surface area contributed by atoms with Crippen LogP contribution in [0.5, 0.6) is 11.6 Å². The largest absolute Gasteiger partial charge is 0.438 e. The van der Waals surface area contributed by atoms with Crippen molar-refractivity contribution >= 4 is 17.6 Å². The van der Waals surface area contributed by atoms with Gasteiger partial charge in [0, 0.05) is 19.3 Å². The van der Waals surface area contributed by atoms with Crippen LogP contribution in [0.15, 0.2) is 53.0 Å². The van der Waals surface area contributed by atoms with Gasteiger partial charge in [-0.3, -0.25) is 14.0 Å². The number of fused-ring (bicyclic) bond motifs is 1. The summed E-state index contributed by atoms with van der Waals surface area (Å²) in [6, 6.07) is 12.8. The number of aromatic nitrogens is 2. The van der Waals surface area contributed by atoms with Gasteiger partial charge >= 0.3 is 0 Å². The molecule has 3 aromatic rings. The summed E-state index contributed by atoms with van der Waals surface area (Å²) in [6.45, 7) is 8.46. The number of nitrogens with one attached hydrogen (secondary N) is 1. The molecule has 2 heterocycles. The van der Waals surface area contributed by atoms with Crippen LogP contribution in [0.1, 0.15) is 37.0 Å². The van der Waals surface area contributed by atoms with Crippen molar-refractivity contribution in [3.63, 3.8) is 0 Å². The maximum atomic E-state index is 13.3. The molecule has 1 N–H and O–H groups in total. The number of nitriles is 1. The van der Waals surface area contributed by atoms with Crippen LogP contribution < -0.4 is 15.6 Å². The van der Waals surface area contributed by atoms with Crippen molar-refractivity contribution in [2.24, 2.45) is 0 Å². The minimum Gasteiger partial charge on any atom is -0.438 e. The smallest absolute Gasteiger partial charge is 0.269 e. The first kappa shape index (κ1) is 24.7. The first-order valence-electron chi connectivity index (χ1n) is 11.1. The molecule has 0 aliphatic carbocycles. The molecule has 0 fully saturated rings. The summed E-state index contributed by atoms with van der Waals surface area (Å²) in [5.74, 6) is -0.0642. The molecule has 1 aromatic carbocycles. The second kappa shape index (κ2) is 11.3. The van der Waals surface area contributed by atoms with Crippen LogP contribution in [0.3, 0.4) is 0 Å². The minimum atomic E-state index is -0.581. The lowest BCUT2D eigenvalue weighted by Gasteiger charge is -2.12. The molecule has 3 rings (SSSR count). The van der Waals surface area contributed by atoms with E-state index in [-0.39, 0.29) is 23.1 Å². The first-order valence-corrected chi connectivity index (χ1v) is 11.1. The van der Waals surface area contributed by atoms with Crippen molar-refractivity contribution in [3.05, 3.63) is 75.2 Å². The highest BCUT2D eigenvalue weighted by molar-refractivity contribution is 6.01. The zero-order valence-electron chi connectivity index (χ0n) is 19.8. The molecule has 0 aliphatic heterocycles. The van der Waals surface area contributed by atoms with Gasteiger partial charge in [-0.05, 0) is 69.5 Å². The summed E-state index contributed by atoms with van der Waals surface area (Å²) in [7, 11) is 0. The Balaban J connectivity index is 1.99. The average molecular weight is 461 g/mol. The minimum absolute atomic E-state index is 0.0134. The van der Waals surface area contributed by atoms with E-state index in [1.807, 2.05) is 58.0 Å². The Morgan fingerprint density at radius 3 is 2.76 bits per heavy atom. The molecule has 0 bridgehead atoms. The number of carbonyl (C=O) groups excluding carboxylic acids is 1. The number of amides is 1. The summed E-state index contributed by atoms with van der Waals surface area (Å²) in [5.41, 5.74) is 1.54. The Kier molecular flexibility index (Phi) is 8.17. The lowest BCUT2D eigenvalue weighted by atomic mass is 10.1. The van der Waals surface area contributed by atoms with Gasteiger partial charge in [0.15, 0.2) is 0 Å². The quantitative estimate of drug-likeness (QED) is 0.295. The van der Waals surface area contributed by atoms with Gasteiger partial charge in [-0.2, -0.15) is 10.2 Å². The van der Waals surface area contributed by atoms with Crippen molar-refractivity contribution in [1.29, 1.82) is 5.26 Å². The third-order valence-electron chi connectivity index (χ3n) is 4.96. The third kappa shape index (κ3) is 6.09. The predicted molar refractivity (Wildman–Crippen MR) is 130 cm³/mol. The summed E-state index contributed by atoms with van der Waals surface area (Å²) in [6.07, 6.45) is 3.53. The molecular formula is C26H28N4O4. The highest BCUT2D eigenvalue weighted by Crippen LogP contribution is 2.25. The molecule has 8 heteroatoms. The van der Waals surface area contributed by atoms with Gasteiger partial charge in [0.2, 0.25) is 5.88 Å². The lowest BCUT2D eigenvalue weighted by molar-refractivity contribution is -0.117. The predicted octanol–water partition coefficient (Wildman–Crippen LogP) is 3.94. The lowest BCUT2D eigenvalue weighted by Crippen LogP contribution is -2.27. The Hall–Kier alpha value is -3.96. The molecule has 0 saturated carbocycles. The third-order valence-corrected chi connectivity index (χ3v) is 4.96. The van der Waals surface area contributed by atoms with E-state index < -0.39 is 11.5 Å². The van der Waals surface area contributed by atoms with Crippen LogP contribution in [0.2, 0.25) is 0 Å². The fourth-order valence-corrected chi connectivity index (χ4v) is 3.27.